The number of hydrogen-bond donors (Lipinski definition) is 4. The molecule has 0 aromatic carbocycles. The highest BCUT2D eigenvalue weighted by Gasteiger charge is 2.13. The molecule has 0 heterocycles. The largest absolute Gasteiger partial charge is 0.383 e. The van der Waals surface area contributed by atoms with E-state index >= 15 is 0 Å². The van der Waals surface area contributed by atoms with Crippen molar-refractivity contribution in [1.82, 2.24) is 16.1 Å². The number of nitrogens with two attached hydrogens (primary N) is 1. The van der Waals surface area contributed by atoms with Gasteiger partial charge < -0.3 is 15.4 Å². The molecule has 0 fully saturated rings. The van der Waals surface area contributed by atoms with Gasteiger partial charge in [0.15, 0.2) is 0 Å². The van der Waals surface area contributed by atoms with Crippen LogP contribution in [0.25, 0.3) is 0 Å². The maximum Gasteiger partial charge on any atom is 0.222 e. The molecule has 1 unspecified atom stereocenters. The molecule has 0 aromatic heterocycles. The molecule has 0 bridgehead atoms. The topological polar surface area (TPSA) is 101 Å². The third-order valence-corrected chi connectivity index (χ3v) is 2.06. The summed E-state index contributed by atoms with van der Waals surface area (Å²) in [5, 5.41) is 5.92. The Hall–Kier alpha value is -1.34. The normalized spacial score (nSPS) is 13.9. The van der Waals surface area contributed by atoms with Crippen LogP contribution in [-0.4, -0.2) is 43.7 Å². The lowest BCUT2D eigenvalue weighted by atomic mass is 10.1. The third-order valence-electron chi connectivity index (χ3n) is 2.06. The molecular weight excluding hydrogens is 246 g/mol. The molecule has 0 aliphatic rings. The van der Waals surface area contributed by atoms with Crippen LogP contribution in [0.3, 0.4) is 0 Å². The van der Waals surface area contributed by atoms with Crippen LogP contribution in [0.15, 0.2) is 4.99 Å². The van der Waals surface area contributed by atoms with Crippen molar-refractivity contribution in [3.8, 4) is 0 Å². The summed E-state index contributed by atoms with van der Waals surface area (Å²) in [6.07, 6.45) is 0.322. The Labute approximate surface area is 115 Å². The highest BCUT2D eigenvalue weighted by atomic mass is 16.5. The Morgan fingerprint density at radius 2 is 2.05 bits per heavy atom. The lowest BCUT2D eigenvalue weighted by molar-refractivity contribution is -0.122. The quantitative estimate of drug-likeness (QED) is 0.231. The Balaban J connectivity index is 4.10. The summed E-state index contributed by atoms with van der Waals surface area (Å²) in [5.74, 6) is 5.77. The number of methoxy groups -OCH3 is 1. The van der Waals surface area contributed by atoms with Gasteiger partial charge in [0, 0.05) is 25.1 Å². The average molecular weight is 273 g/mol. The number of ether oxygens (including phenoxy) is 1. The van der Waals surface area contributed by atoms with Crippen LogP contribution in [0.2, 0.25) is 0 Å². The summed E-state index contributed by atoms with van der Waals surface area (Å²) >= 11 is 0. The van der Waals surface area contributed by atoms with Gasteiger partial charge in [-0.2, -0.15) is 0 Å². The summed E-state index contributed by atoms with van der Waals surface area (Å²) in [6.45, 7) is 8.68. The van der Waals surface area contributed by atoms with E-state index in [1.165, 1.54) is 0 Å². The van der Waals surface area contributed by atoms with E-state index in [1.807, 2.05) is 27.7 Å². The Bertz CT molecular complexity index is 299. The second kappa shape index (κ2) is 8.71. The molecule has 5 N–H and O–H groups in total. The number of hydrogen-bond acceptors (Lipinski definition) is 4. The molecule has 0 rings (SSSR count). The van der Waals surface area contributed by atoms with Crippen LogP contribution < -0.4 is 21.9 Å². The van der Waals surface area contributed by atoms with E-state index in [1.54, 1.807) is 7.11 Å². The lowest BCUT2D eigenvalue weighted by Crippen LogP contribution is -2.47. The molecule has 0 saturated heterocycles. The lowest BCUT2D eigenvalue weighted by Gasteiger charge is -2.20. The first-order valence-corrected chi connectivity index (χ1v) is 6.36. The summed E-state index contributed by atoms with van der Waals surface area (Å²) < 4.78 is 5.00. The molecule has 0 aromatic rings. The Morgan fingerprint density at radius 3 is 2.53 bits per heavy atom. The van der Waals surface area contributed by atoms with Crippen LogP contribution in [0, 0.1) is 0 Å². The van der Waals surface area contributed by atoms with Gasteiger partial charge >= 0.3 is 0 Å². The van der Waals surface area contributed by atoms with Gasteiger partial charge in [0.25, 0.3) is 0 Å². The minimum Gasteiger partial charge on any atom is -0.383 e. The van der Waals surface area contributed by atoms with E-state index in [4.69, 9.17) is 10.6 Å². The predicted molar refractivity (Wildman–Crippen MR) is 76.6 cm³/mol. The van der Waals surface area contributed by atoms with E-state index in [0.29, 0.717) is 25.5 Å². The van der Waals surface area contributed by atoms with Gasteiger partial charge in [-0.15, -0.1) is 0 Å². The molecule has 1 atom stereocenters. The smallest absolute Gasteiger partial charge is 0.222 e. The van der Waals surface area contributed by atoms with Crippen molar-refractivity contribution in [2.24, 2.45) is 10.8 Å². The number of hydrazine groups is 1. The van der Waals surface area contributed by atoms with Crippen molar-refractivity contribution in [2.45, 2.75) is 45.7 Å². The predicted octanol–water partition coefficient (Wildman–Crippen LogP) is -0.265. The van der Waals surface area contributed by atoms with Crippen molar-refractivity contribution in [2.75, 3.05) is 20.3 Å². The summed E-state index contributed by atoms with van der Waals surface area (Å²) in [4.78, 5) is 15.8. The van der Waals surface area contributed by atoms with Crippen molar-refractivity contribution < 1.29 is 9.53 Å². The number of carbonyl (C=O) groups excluding carboxylic acids is 1. The summed E-state index contributed by atoms with van der Waals surface area (Å²) in [7, 11) is 1.63. The summed E-state index contributed by atoms with van der Waals surface area (Å²) in [5.41, 5.74) is 2.24. The maximum absolute atomic E-state index is 11.6. The van der Waals surface area contributed by atoms with E-state index in [-0.39, 0.29) is 17.5 Å². The molecule has 7 heteroatoms. The number of carbonyl (C=O) groups is 1. The van der Waals surface area contributed by atoms with Crippen LogP contribution in [0.4, 0.5) is 0 Å². The molecule has 0 spiro atoms. The molecule has 7 nitrogen and oxygen atoms in total. The fraction of sp³-hybridized carbons (Fsp3) is 0.833. The number of nitrogens with one attached hydrogen (secondary N) is 3. The molecule has 0 aliphatic heterocycles. The maximum atomic E-state index is 11.6. The van der Waals surface area contributed by atoms with Crippen LogP contribution >= 0.6 is 0 Å². The van der Waals surface area contributed by atoms with Crippen molar-refractivity contribution in [3.05, 3.63) is 0 Å². The number of nitrogens with zero attached hydrogens (tertiary/aromatic N) is 1. The van der Waals surface area contributed by atoms with Gasteiger partial charge in [-0.3, -0.25) is 15.2 Å². The van der Waals surface area contributed by atoms with Crippen LogP contribution in [0.5, 0.6) is 0 Å². The number of aliphatic imine (C=N–C) groups is 1. The number of rotatable bonds is 6. The second-order valence-corrected chi connectivity index (χ2v) is 5.42. The minimum atomic E-state index is -0.221. The zero-order chi connectivity index (χ0) is 14.9. The van der Waals surface area contributed by atoms with E-state index in [2.05, 4.69) is 21.1 Å². The molecule has 0 radical (unpaired) electrons. The van der Waals surface area contributed by atoms with Gasteiger partial charge in [-0.05, 0) is 27.7 Å². The minimum absolute atomic E-state index is 0.0300. The van der Waals surface area contributed by atoms with E-state index in [0.717, 1.165) is 0 Å². The van der Waals surface area contributed by atoms with Gasteiger partial charge in [0.1, 0.15) is 0 Å². The standard InChI is InChI=1S/C12H27N5O2/c1-9(8-19-5)15-11(17-13)14-7-6-10(18)16-12(2,3)4/h9H,6-8,13H2,1-5H3,(H,16,18)(H2,14,15,17). The van der Waals surface area contributed by atoms with Gasteiger partial charge in [0.2, 0.25) is 11.9 Å². The van der Waals surface area contributed by atoms with Crippen LogP contribution in [0.1, 0.15) is 34.1 Å². The second-order valence-electron chi connectivity index (χ2n) is 5.42. The Kier molecular flexibility index (Phi) is 8.09. The zero-order valence-corrected chi connectivity index (χ0v) is 12.5. The average Bonchev–Trinajstić information content (AvgIpc) is 2.25. The first-order chi connectivity index (χ1) is 8.78. The zero-order valence-electron chi connectivity index (χ0n) is 12.5. The third kappa shape index (κ3) is 10.3. The summed E-state index contributed by atoms with van der Waals surface area (Å²) in [6, 6.07) is 0.0863. The van der Waals surface area contributed by atoms with E-state index in [9.17, 15) is 4.79 Å². The van der Waals surface area contributed by atoms with Crippen molar-refractivity contribution in [1.29, 1.82) is 0 Å². The highest BCUT2D eigenvalue weighted by Crippen LogP contribution is 1.99. The SMILES string of the molecule is COCC(C)NC(=NCCC(=O)NC(C)(C)C)NN. The fourth-order valence-corrected chi connectivity index (χ4v) is 1.41. The molecule has 0 saturated carbocycles. The van der Waals surface area contributed by atoms with Crippen LogP contribution in [-0.2, 0) is 9.53 Å². The monoisotopic (exact) mass is 273 g/mol. The fourth-order valence-electron chi connectivity index (χ4n) is 1.41. The van der Waals surface area contributed by atoms with Gasteiger partial charge in [-0.25, -0.2) is 5.84 Å². The molecule has 19 heavy (non-hydrogen) atoms. The molecule has 1 amide bonds. The molecule has 112 valence electrons. The highest BCUT2D eigenvalue weighted by molar-refractivity contribution is 5.80. The number of amides is 1. The van der Waals surface area contributed by atoms with Crippen molar-refractivity contribution >= 4 is 11.9 Å². The molecule has 0 aliphatic carbocycles. The number of guanidine groups is 1. The Morgan fingerprint density at radius 1 is 1.42 bits per heavy atom. The van der Waals surface area contributed by atoms with E-state index < -0.39 is 0 Å². The van der Waals surface area contributed by atoms with Gasteiger partial charge in [-0.1, -0.05) is 0 Å². The van der Waals surface area contributed by atoms with Crippen molar-refractivity contribution in [3.63, 3.8) is 0 Å². The first-order valence-electron chi connectivity index (χ1n) is 6.36. The molecular formula is C12H27N5O2. The van der Waals surface area contributed by atoms with Gasteiger partial charge in [0.05, 0.1) is 13.2 Å². The first kappa shape index (κ1) is 17.7.